The molecule has 2 aromatic rings. The quantitative estimate of drug-likeness (QED) is 0.758. The van der Waals surface area contributed by atoms with Crippen LogP contribution in [0.4, 0.5) is 0 Å². The second-order valence-corrected chi connectivity index (χ2v) is 7.25. The summed E-state index contributed by atoms with van der Waals surface area (Å²) in [6.07, 6.45) is 2.21. The van der Waals surface area contributed by atoms with Gasteiger partial charge in [-0.1, -0.05) is 11.8 Å². The van der Waals surface area contributed by atoms with Crippen LogP contribution in [-0.4, -0.2) is 45.7 Å². The number of carbonyl (C=O) groups excluding carboxylic acids is 1. The van der Waals surface area contributed by atoms with Crippen molar-refractivity contribution in [3.05, 3.63) is 24.3 Å². The molecule has 0 bridgehead atoms. The number of primary amides is 1. The maximum absolute atomic E-state index is 11.4. The number of ether oxygens (including phenoxy) is 2. The lowest BCUT2D eigenvalue weighted by Crippen LogP contribution is -2.23. The minimum absolute atomic E-state index is 0.135. The minimum atomic E-state index is -0.379. The van der Waals surface area contributed by atoms with Gasteiger partial charge in [0, 0.05) is 12.2 Å². The molecule has 134 valence electrons. The zero-order valence-electron chi connectivity index (χ0n) is 14.3. The van der Waals surface area contributed by atoms with Crippen LogP contribution in [0.1, 0.15) is 19.8 Å². The van der Waals surface area contributed by atoms with Gasteiger partial charge in [0.1, 0.15) is 5.75 Å². The monoisotopic (exact) mass is 362 g/mol. The van der Waals surface area contributed by atoms with Crippen LogP contribution in [0.3, 0.4) is 0 Å². The van der Waals surface area contributed by atoms with Crippen molar-refractivity contribution < 1.29 is 14.3 Å². The molecule has 25 heavy (non-hydrogen) atoms. The molecule has 0 radical (unpaired) electrons. The fourth-order valence-electron chi connectivity index (χ4n) is 2.70. The average Bonchev–Trinajstić information content (AvgIpc) is 3.26. The van der Waals surface area contributed by atoms with Crippen molar-refractivity contribution in [1.82, 2.24) is 14.8 Å². The summed E-state index contributed by atoms with van der Waals surface area (Å²) in [5.41, 5.74) is 6.33. The third kappa shape index (κ3) is 4.13. The van der Waals surface area contributed by atoms with Crippen LogP contribution >= 0.6 is 11.8 Å². The van der Waals surface area contributed by atoms with Crippen molar-refractivity contribution >= 4 is 17.7 Å². The third-order valence-corrected chi connectivity index (χ3v) is 5.26. The molecule has 8 heteroatoms. The number of methoxy groups -OCH3 is 1. The predicted octanol–water partition coefficient (Wildman–Crippen LogP) is 2.10. The van der Waals surface area contributed by atoms with Gasteiger partial charge < -0.3 is 15.2 Å². The molecule has 1 saturated heterocycles. The number of rotatable bonds is 7. The lowest BCUT2D eigenvalue weighted by molar-refractivity contribution is -0.117. The topological polar surface area (TPSA) is 92.3 Å². The Kier molecular flexibility index (Phi) is 5.60. The molecule has 0 unspecified atom stereocenters. The van der Waals surface area contributed by atoms with E-state index in [1.807, 2.05) is 28.8 Å². The molecule has 0 saturated carbocycles. The van der Waals surface area contributed by atoms with Crippen LogP contribution in [0.5, 0.6) is 5.75 Å². The molecule has 7 nitrogen and oxygen atoms in total. The number of nitrogens with two attached hydrogens (primary N) is 1. The molecule has 1 amide bonds. The summed E-state index contributed by atoms with van der Waals surface area (Å²) >= 11 is 1.32. The number of carbonyl (C=O) groups is 1. The number of hydrogen-bond donors (Lipinski definition) is 1. The van der Waals surface area contributed by atoms with Gasteiger partial charge in [0.15, 0.2) is 11.0 Å². The fraction of sp³-hybridized carbons (Fsp3) is 0.471. The first-order valence-electron chi connectivity index (χ1n) is 8.23. The van der Waals surface area contributed by atoms with Crippen LogP contribution in [0.15, 0.2) is 29.4 Å². The van der Waals surface area contributed by atoms with Gasteiger partial charge in [-0.2, -0.15) is 0 Å². The smallest absolute Gasteiger partial charge is 0.230 e. The molecule has 1 aliphatic rings. The maximum atomic E-state index is 11.4. The average molecular weight is 362 g/mol. The van der Waals surface area contributed by atoms with Crippen LogP contribution in [0, 0.1) is 0 Å². The molecule has 2 heterocycles. The van der Waals surface area contributed by atoms with Crippen LogP contribution < -0.4 is 10.5 Å². The molecule has 2 atom stereocenters. The van der Waals surface area contributed by atoms with E-state index in [0.717, 1.165) is 36.6 Å². The summed E-state index contributed by atoms with van der Waals surface area (Å²) < 4.78 is 13.0. The zero-order valence-corrected chi connectivity index (χ0v) is 15.2. The molecule has 3 rings (SSSR count). The van der Waals surface area contributed by atoms with Crippen LogP contribution in [0.2, 0.25) is 0 Å². The molecule has 1 fully saturated rings. The number of nitrogens with zero attached hydrogens (tertiary/aromatic N) is 3. The predicted molar refractivity (Wildman–Crippen MR) is 95.5 cm³/mol. The van der Waals surface area contributed by atoms with E-state index in [0.29, 0.717) is 11.7 Å². The highest BCUT2D eigenvalue weighted by Crippen LogP contribution is 2.29. The van der Waals surface area contributed by atoms with Crippen LogP contribution in [-0.2, 0) is 16.1 Å². The molecular weight excluding hydrogens is 340 g/mol. The number of hydrogen-bond acceptors (Lipinski definition) is 6. The Morgan fingerprint density at radius 2 is 2.20 bits per heavy atom. The maximum Gasteiger partial charge on any atom is 0.230 e. The Labute approximate surface area is 150 Å². The third-order valence-electron chi connectivity index (χ3n) is 4.16. The van der Waals surface area contributed by atoms with E-state index in [2.05, 4.69) is 10.2 Å². The van der Waals surface area contributed by atoms with Crippen LogP contribution in [0.25, 0.3) is 11.4 Å². The zero-order chi connectivity index (χ0) is 17.8. The van der Waals surface area contributed by atoms with Gasteiger partial charge >= 0.3 is 0 Å². The molecule has 0 spiro atoms. The Morgan fingerprint density at radius 3 is 2.80 bits per heavy atom. The second kappa shape index (κ2) is 7.88. The van der Waals surface area contributed by atoms with Crippen molar-refractivity contribution in [1.29, 1.82) is 0 Å². The standard InChI is InChI=1S/C17H22N4O3S/c1-11(15(18)22)25-17-20-19-16(12-5-7-13(23-2)8-6-12)21(17)10-14-4-3-9-24-14/h5-8,11,14H,3-4,9-10H2,1-2H3,(H2,18,22)/t11-,14-/m1/s1. The number of benzene rings is 1. The normalized spacial score (nSPS) is 18.2. The lowest BCUT2D eigenvalue weighted by Gasteiger charge is -2.15. The second-order valence-electron chi connectivity index (χ2n) is 5.94. The Hall–Kier alpha value is -2.06. The minimum Gasteiger partial charge on any atom is -0.497 e. The summed E-state index contributed by atoms with van der Waals surface area (Å²) in [6, 6.07) is 7.67. The molecule has 0 aliphatic carbocycles. The van der Waals surface area contributed by atoms with E-state index in [1.54, 1.807) is 14.0 Å². The SMILES string of the molecule is COc1ccc(-c2nnc(S[C@H](C)C(N)=O)n2C[C@H]2CCCO2)cc1. The fourth-order valence-corrected chi connectivity index (χ4v) is 3.51. The van der Waals surface area contributed by atoms with Gasteiger partial charge in [-0.3, -0.25) is 9.36 Å². The van der Waals surface area contributed by atoms with E-state index in [9.17, 15) is 4.79 Å². The molecule has 1 aromatic heterocycles. The number of thioether (sulfide) groups is 1. The van der Waals surface area contributed by atoms with E-state index in [-0.39, 0.29) is 17.3 Å². The van der Waals surface area contributed by atoms with Gasteiger partial charge in [-0.05, 0) is 44.0 Å². The molecular formula is C17H22N4O3S. The van der Waals surface area contributed by atoms with Gasteiger partial charge in [0.2, 0.25) is 5.91 Å². The lowest BCUT2D eigenvalue weighted by atomic mass is 10.2. The Morgan fingerprint density at radius 1 is 1.44 bits per heavy atom. The first kappa shape index (κ1) is 17.8. The molecule has 1 aromatic carbocycles. The van der Waals surface area contributed by atoms with E-state index in [4.69, 9.17) is 15.2 Å². The molecule has 2 N–H and O–H groups in total. The van der Waals surface area contributed by atoms with E-state index >= 15 is 0 Å². The highest BCUT2D eigenvalue weighted by molar-refractivity contribution is 8.00. The van der Waals surface area contributed by atoms with Gasteiger partial charge in [0.05, 0.1) is 25.0 Å². The summed E-state index contributed by atoms with van der Waals surface area (Å²) in [5.74, 6) is 1.16. The summed E-state index contributed by atoms with van der Waals surface area (Å²) in [4.78, 5) is 11.4. The van der Waals surface area contributed by atoms with Crippen molar-refractivity contribution in [2.45, 2.75) is 42.8 Å². The van der Waals surface area contributed by atoms with Crippen molar-refractivity contribution in [3.63, 3.8) is 0 Å². The highest BCUT2D eigenvalue weighted by Gasteiger charge is 2.23. The van der Waals surface area contributed by atoms with Gasteiger partial charge in [-0.15, -0.1) is 10.2 Å². The summed E-state index contributed by atoms with van der Waals surface area (Å²) in [7, 11) is 1.63. The summed E-state index contributed by atoms with van der Waals surface area (Å²) in [5, 5.41) is 8.92. The van der Waals surface area contributed by atoms with E-state index < -0.39 is 0 Å². The Bertz CT molecular complexity index is 726. The molecule has 1 aliphatic heterocycles. The number of amides is 1. The highest BCUT2D eigenvalue weighted by atomic mass is 32.2. The van der Waals surface area contributed by atoms with Gasteiger partial charge in [-0.25, -0.2) is 0 Å². The Balaban J connectivity index is 1.92. The van der Waals surface area contributed by atoms with Gasteiger partial charge in [0.25, 0.3) is 0 Å². The first-order valence-corrected chi connectivity index (χ1v) is 9.11. The van der Waals surface area contributed by atoms with Crippen molar-refractivity contribution in [3.8, 4) is 17.1 Å². The summed E-state index contributed by atoms with van der Waals surface area (Å²) in [6.45, 7) is 3.21. The first-order chi connectivity index (χ1) is 12.1. The number of aromatic nitrogens is 3. The van der Waals surface area contributed by atoms with E-state index in [1.165, 1.54) is 11.8 Å². The van der Waals surface area contributed by atoms with Crippen molar-refractivity contribution in [2.24, 2.45) is 5.73 Å². The largest absolute Gasteiger partial charge is 0.497 e. The van der Waals surface area contributed by atoms with Crippen molar-refractivity contribution in [2.75, 3.05) is 13.7 Å².